The van der Waals surface area contributed by atoms with Crippen LogP contribution in [0.25, 0.3) is 0 Å². The average Bonchev–Trinajstić information content (AvgIpc) is 2.64. The fraction of sp³-hybridized carbons (Fsp3) is 0.350. The van der Waals surface area contributed by atoms with Crippen LogP contribution < -0.4 is 14.8 Å². The fourth-order valence-corrected chi connectivity index (χ4v) is 3.76. The van der Waals surface area contributed by atoms with E-state index in [1.54, 1.807) is 0 Å². The molecule has 152 valence electrons. The van der Waals surface area contributed by atoms with Gasteiger partial charge in [0.1, 0.15) is 5.75 Å². The molecule has 0 atom stereocenters. The Bertz CT molecular complexity index is 879. The standard InChI is InChI=1S/C20H25ClN2O4S/c1-15-5-3-6-16(2)20(15)27-14-4-7-19(24)22-12-13-23-28(25,26)18-10-8-17(21)9-11-18/h3,5-6,8-11,23H,4,7,12-14H2,1-2H3,(H,22,24). The lowest BCUT2D eigenvalue weighted by Crippen LogP contribution is -2.34. The smallest absolute Gasteiger partial charge is 0.240 e. The van der Waals surface area contributed by atoms with Gasteiger partial charge in [0.05, 0.1) is 11.5 Å². The van der Waals surface area contributed by atoms with Crippen LogP contribution in [0.5, 0.6) is 5.75 Å². The van der Waals surface area contributed by atoms with E-state index in [1.165, 1.54) is 24.3 Å². The van der Waals surface area contributed by atoms with Crippen LogP contribution in [-0.2, 0) is 14.8 Å². The number of carbonyl (C=O) groups is 1. The zero-order valence-electron chi connectivity index (χ0n) is 16.0. The number of halogens is 1. The molecule has 2 aromatic rings. The van der Waals surface area contributed by atoms with Gasteiger partial charge in [-0.2, -0.15) is 0 Å². The van der Waals surface area contributed by atoms with Gasteiger partial charge in [0, 0.05) is 24.5 Å². The number of hydrogen-bond acceptors (Lipinski definition) is 4. The van der Waals surface area contributed by atoms with E-state index >= 15 is 0 Å². The highest BCUT2D eigenvalue weighted by Crippen LogP contribution is 2.22. The predicted molar refractivity (Wildman–Crippen MR) is 110 cm³/mol. The maximum Gasteiger partial charge on any atom is 0.240 e. The molecular weight excluding hydrogens is 400 g/mol. The number of hydrogen-bond donors (Lipinski definition) is 2. The molecule has 2 rings (SSSR count). The van der Waals surface area contributed by atoms with Gasteiger partial charge in [0.25, 0.3) is 0 Å². The van der Waals surface area contributed by atoms with Crippen molar-refractivity contribution in [3.63, 3.8) is 0 Å². The third kappa shape index (κ3) is 6.82. The van der Waals surface area contributed by atoms with E-state index in [1.807, 2.05) is 32.0 Å². The molecule has 2 aromatic carbocycles. The molecule has 0 spiro atoms. The Hall–Kier alpha value is -2.09. The summed E-state index contributed by atoms with van der Waals surface area (Å²) in [7, 11) is -3.61. The summed E-state index contributed by atoms with van der Waals surface area (Å²) in [5.74, 6) is 0.718. The van der Waals surface area contributed by atoms with Gasteiger partial charge < -0.3 is 10.1 Å². The number of nitrogens with one attached hydrogen (secondary N) is 2. The number of amides is 1. The van der Waals surface area contributed by atoms with Crippen molar-refractivity contribution < 1.29 is 17.9 Å². The van der Waals surface area contributed by atoms with Crippen molar-refractivity contribution in [3.05, 3.63) is 58.6 Å². The molecule has 6 nitrogen and oxygen atoms in total. The topological polar surface area (TPSA) is 84.5 Å². The molecule has 1 amide bonds. The quantitative estimate of drug-likeness (QED) is 0.573. The maximum absolute atomic E-state index is 12.1. The molecule has 0 radical (unpaired) electrons. The minimum atomic E-state index is -3.61. The average molecular weight is 425 g/mol. The van der Waals surface area contributed by atoms with Crippen LogP contribution >= 0.6 is 11.6 Å². The zero-order chi connectivity index (χ0) is 20.6. The lowest BCUT2D eigenvalue weighted by Gasteiger charge is -2.12. The molecular formula is C20H25ClN2O4S. The Morgan fingerprint density at radius 2 is 1.68 bits per heavy atom. The highest BCUT2D eigenvalue weighted by molar-refractivity contribution is 7.89. The zero-order valence-corrected chi connectivity index (χ0v) is 17.6. The van der Waals surface area contributed by atoms with Gasteiger partial charge in [-0.25, -0.2) is 13.1 Å². The third-order valence-corrected chi connectivity index (χ3v) is 5.80. The van der Waals surface area contributed by atoms with E-state index in [9.17, 15) is 13.2 Å². The van der Waals surface area contributed by atoms with E-state index in [4.69, 9.17) is 16.3 Å². The lowest BCUT2D eigenvalue weighted by molar-refractivity contribution is -0.121. The van der Waals surface area contributed by atoms with Gasteiger partial charge in [0.15, 0.2) is 0 Å². The molecule has 2 N–H and O–H groups in total. The fourth-order valence-electron chi connectivity index (χ4n) is 2.61. The second-order valence-electron chi connectivity index (χ2n) is 6.37. The molecule has 28 heavy (non-hydrogen) atoms. The monoisotopic (exact) mass is 424 g/mol. The lowest BCUT2D eigenvalue weighted by atomic mass is 10.1. The summed E-state index contributed by atoms with van der Waals surface area (Å²) >= 11 is 5.75. The van der Waals surface area contributed by atoms with Crippen LogP contribution in [0.15, 0.2) is 47.4 Å². The first kappa shape index (κ1) is 22.2. The van der Waals surface area contributed by atoms with E-state index < -0.39 is 10.0 Å². The summed E-state index contributed by atoms with van der Waals surface area (Å²) in [6.45, 7) is 4.74. The molecule has 0 aliphatic heterocycles. The minimum absolute atomic E-state index is 0.107. The second-order valence-corrected chi connectivity index (χ2v) is 8.58. The van der Waals surface area contributed by atoms with Crippen molar-refractivity contribution in [2.75, 3.05) is 19.7 Å². The van der Waals surface area contributed by atoms with Gasteiger partial charge in [-0.3, -0.25) is 4.79 Å². The molecule has 8 heteroatoms. The summed E-state index contributed by atoms with van der Waals surface area (Å²) in [5, 5.41) is 3.16. The summed E-state index contributed by atoms with van der Waals surface area (Å²) in [5.41, 5.74) is 2.13. The van der Waals surface area contributed by atoms with E-state index in [0.29, 0.717) is 24.5 Å². The van der Waals surface area contributed by atoms with E-state index in [2.05, 4.69) is 10.0 Å². The SMILES string of the molecule is Cc1cccc(C)c1OCCCC(=O)NCCNS(=O)(=O)c1ccc(Cl)cc1. The first-order valence-electron chi connectivity index (χ1n) is 9.00. The van der Waals surface area contributed by atoms with Crippen molar-refractivity contribution >= 4 is 27.5 Å². The molecule has 0 saturated heterocycles. The van der Waals surface area contributed by atoms with E-state index in [-0.39, 0.29) is 23.9 Å². The highest BCUT2D eigenvalue weighted by atomic mass is 35.5. The molecule has 0 saturated carbocycles. The first-order chi connectivity index (χ1) is 13.3. The van der Waals surface area contributed by atoms with Crippen molar-refractivity contribution in [3.8, 4) is 5.75 Å². The normalized spacial score (nSPS) is 11.2. The van der Waals surface area contributed by atoms with Gasteiger partial charge >= 0.3 is 0 Å². The summed E-state index contributed by atoms with van der Waals surface area (Å²) in [6.07, 6.45) is 0.894. The first-order valence-corrected chi connectivity index (χ1v) is 10.9. The van der Waals surface area contributed by atoms with Crippen LogP contribution in [0.4, 0.5) is 0 Å². The van der Waals surface area contributed by atoms with Crippen molar-refractivity contribution in [1.29, 1.82) is 0 Å². The van der Waals surface area contributed by atoms with Gasteiger partial charge in [0.2, 0.25) is 15.9 Å². The number of aryl methyl sites for hydroxylation is 2. The second kappa shape index (κ2) is 10.5. The van der Waals surface area contributed by atoms with Gasteiger partial charge in [-0.05, 0) is 55.7 Å². The number of para-hydroxylation sites is 1. The Kier molecular flexibility index (Phi) is 8.29. The summed E-state index contributed by atoms with van der Waals surface area (Å²) in [4.78, 5) is 12.0. The van der Waals surface area contributed by atoms with Gasteiger partial charge in [-0.1, -0.05) is 29.8 Å². The molecule has 0 aliphatic carbocycles. The molecule has 0 unspecified atom stereocenters. The Balaban J connectivity index is 1.64. The van der Waals surface area contributed by atoms with Gasteiger partial charge in [-0.15, -0.1) is 0 Å². The van der Waals surface area contributed by atoms with Crippen LogP contribution in [0.1, 0.15) is 24.0 Å². The summed E-state index contributed by atoms with van der Waals surface area (Å²) < 4.78 is 32.4. The largest absolute Gasteiger partial charge is 0.493 e. The molecule has 0 heterocycles. The summed E-state index contributed by atoms with van der Waals surface area (Å²) in [6, 6.07) is 11.8. The maximum atomic E-state index is 12.1. The third-order valence-electron chi connectivity index (χ3n) is 4.07. The molecule has 0 bridgehead atoms. The molecule has 0 fully saturated rings. The molecule has 0 aliphatic rings. The van der Waals surface area contributed by atoms with Crippen LogP contribution in [0.2, 0.25) is 5.02 Å². The van der Waals surface area contributed by atoms with Crippen LogP contribution in [0.3, 0.4) is 0 Å². The van der Waals surface area contributed by atoms with Crippen molar-refractivity contribution in [1.82, 2.24) is 10.0 Å². The van der Waals surface area contributed by atoms with Crippen LogP contribution in [0, 0.1) is 13.8 Å². The van der Waals surface area contributed by atoms with Crippen molar-refractivity contribution in [2.24, 2.45) is 0 Å². The number of ether oxygens (including phenoxy) is 1. The number of sulfonamides is 1. The number of benzene rings is 2. The highest BCUT2D eigenvalue weighted by Gasteiger charge is 2.13. The Morgan fingerprint density at radius 3 is 2.32 bits per heavy atom. The number of carbonyl (C=O) groups excluding carboxylic acids is 1. The van der Waals surface area contributed by atoms with E-state index in [0.717, 1.165) is 16.9 Å². The Labute approximate surface area is 171 Å². The number of rotatable bonds is 10. The van der Waals surface area contributed by atoms with Crippen molar-refractivity contribution in [2.45, 2.75) is 31.6 Å². The Morgan fingerprint density at radius 1 is 1.04 bits per heavy atom. The minimum Gasteiger partial charge on any atom is -0.493 e. The predicted octanol–water partition coefficient (Wildman–Crippen LogP) is 3.21. The van der Waals surface area contributed by atoms with Crippen LogP contribution in [-0.4, -0.2) is 34.0 Å². The molecule has 0 aromatic heterocycles.